The molecule has 2 N–H and O–H groups in total. The summed E-state index contributed by atoms with van der Waals surface area (Å²) < 4.78 is 5.38. The van der Waals surface area contributed by atoms with Gasteiger partial charge in [0.15, 0.2) is 0 Å². The summed E-state index contributed by atoms with van der Waals surface area (Å²) in [7, 11) is 0. The summed E-state index contributed by atoms with van der Waals surface area (Å²) in [6.45, 7) is 3.66. The van der Waals surface area contributed by atoms with E-state index in [1.807, 2.05) is 12.1 Å². The fraction of sp³-hybridized carbons (Fsp3) is 0.571. The van der Waals surface area contributed by atoms with Crippen molar-refractivity contribution in [1.29, 1.82) is 0 Å². The van der Waals surface area contributed by atoms with Crippen LogP contribution < -0.4 is 15.5 Å². The minimum atomic E-state index is -0.0708. The van der Waals surface area contributed by atoms with Gasteiger partial charge in [0, 0.05) is 43.0 Å². The van der Waals surface area contributed by atoms with Crippen LogP contribution in [-0.2, 0) is 16.1 Å². The number of thioether (sulfide) groups is 1. The smallest absolute Gasteiger partial charge is 0.238 e. The van der Waals surface area contributed by atoms with Crippen molar-refractivity contribution in [3.05, 3.63) is 23.9 Å². The minimum Gasteiger partial charge on any atom is -0.378 e. The summed E-state index contributed by atoms with van der Waals surface area (Å²) in [5, 5.41) is 6.19. The van der Waals surface area contributed by atoms with E-state index in [-0.39, 0.29) is 36.8 Å². The molecular formula is C14H22Cl2N4O2S. The lowest BCUT2D eigenvalue weighted by Gasteiger charge is -2.29. The summed E-state index contributed by atoms with van der Waals surface area (Å²) in [6, 6.07) is 3.86. The molecule has 0 radical (unpaired) electrons. The van der Waals surface area contributed by atoms with Crippen molar-refractivity contribution in [2.75, 3.05) is 42.8 Å². The van der Waals surface area contributed by atoms with Gasteiger partial charge in [0.25, 0.3) is 0 Å². The molecule has 23 heavy (non-hydrogen) atoms. The molecule has 0 aromatic carbocycles. The van der Waals surface area contributed by atoms with Crippen LogP contribution in [0.3, 0.4) is 0 Å². The number of morpholine rings is 1. The van der Waals surface area contributed by atoms with Crippen molar-refractivity contribution in [3.63, 3.8) is 0 Å². The number of aromatic nitrogens is 1. The van der Waals surface area contributed by atoms with E-state index >= 15 is 0 Å². The number of anilines is 1. The van der Waals surface area contributed by atoms with Crippen LogP contribution in [0.5, 0.6) is 0 Å². The molecule has 0 spiro atoms. The molecular weight excluding hydrogens is 359 g/mol. The third-order valence-electron chi connectivity index (χ3n) is 3.66. The fourth-order valence-electron chi connectivity index (χ4n) is 2.50. The topological polar surface area (TPSA) is 66.5 Å². The standard InChI is InChI=1S/C14H20N4O2S.2ClH/c19-14(12-9-21-10-17-12)16-8-11-2-1-3-15-13(11)18-4-6-20-7-5-18;;/h1-3,12,17H,4-10H2,(H,16,19);2*1H. The molecule has 2 saturated heterocycles. The Balaban J connectivity index is 0.00000132. The van der Waals surface area contributed by atoms with Crippen LogP contribution >= 0.6 is 36.6 Å². The molecule has 130 valence electrons. The quantitative estimate of drug-likeness (QED) is 0.813. The Morgan fingerprint density at radius 1 is 1.43 bits per heavy atom. The number of ether oxygens (including phenoxy) is 1. The van der Waals surface area contributed by atoms with Crippen LogP contribution in [0.15, 0.2) is 18.3 Å². The second-order valence-corrected chi connectivity index (χ2v) is 6.11. The second-order valence-electron chi connectivity index (χ2n) is 5.08. The van der Waals surface area contributed by atoms with Crippen molar-refractivity contribution in [3.8, 4) is 0 Å². The van der Waals surface area contributed by atoms with E-state index in [4.69, 9.17) is 4.74 Å². The number of carbonyl (C=O) groups is 1. The van der Waals surface area contributed by atoms with Gasteiger partial charge in [-0.25, -0.2) is 4.98 Å². The van der Waals surface area contributed by atoms with Crippen molar-refractivity contribution in [2.45, 2.75) is 12.6 Å². The van der Waals surface area contributed by atoms with Gasteiger partial charge in [-0.05, 0) is 6.07 Å². The van der Waals surface area contributed by atoms with Crippen molar-refractivity contribution in [1.82, 2.24) is 15.6 Å². The summed E-state index contributed by atoms with van der Waals surface area (Å²) >= 11 is 1.75. The van der Waals surface area contributed by atoms with E-state index in [1.54, 1.807) is 18.0 Å². The van der Waals surface area contributed by atoms with Crippen molar-refractivity contribution in [2.24, 2.45) is 0 Å². The zero-order valence-electron chi connectivity index (χ0n) is 12.7. The maximum atomic E-state index is 12.1. The Hall–Kier alpha value is -0.730. The lowest BCUT2D eigenvalue weighted by molar-refractivity contribution is -0.122. The molecule has 2 aliphatic heterocycles. The van der Waals surface area contributed by atoms with Crippen LogP contribution in [0.25, 0.3) is 0 Å². The number of hydrogen-bond acceptors (Lipinski definition) is 6. The van der Waals surface area contributed by atoms with Crippen LogP contribution in [-0.4, -0.2) is 54.9 Å². The Morgan fingerprint density at radius 3 is 2.91 bits per heavy atom. The average molecular weight is 381 g/mol. The van der Waals surface area contributed by atoms with Crippen LogP contribution in [0, 0.1) is 0 Å². The van der Waals surface area contributed by atoms with Crippen molar-refractivity contribution < 1.29 is 9.53 Å². The molecule has 1 atom stereocenters. The first-order valence-electron chi connectivity index (χ1n) is 7.20. The molecule has 3 rings (SSSR count). The molecule has 3 heterocycles. The number of pyridine rings is 1. The highest BCUT2D eigenvalue weighted by atomic mass is 35.5. The Labute approximate surface area is 152 Å². The highest BCUT2D eigenvalue weighted by molar-refractivity contribution is 7.99. The molecule has 1 aromatic rings. The van der Waals surface area contributed by atoms with E-state index in [9.17, 15) is 4.79 Å². The molecule has 2 fully saturated rings. The molecule has 0 aliphatic carbocycles. The van der Waals surface area contributed by atoms with Crippen LogP contribution in [0.1, 0.15) is 5.56 Å². The maximum Gasteiger partial charge on any atom is 0.238 e. The molecule has 0 bridgehead atoms. The van der Waals surface area contributed by atoms with Gasteiger partial charge in [0.2, 0.25) is 5.91 Å². The zero-order valence-corrected chi connectivity index (χ0v) is 15.1. The number of nitrogens with one attached hydrogen (secondary N) is 2. The maximum absolute atomic E-state index is 12.1. The van der Waals surface area contributed by atoms with Gasteiger partial charge >= 0.3 is 0 Å². The minimum absolute atomic E-state index is 0. The Kier molecular flexibility index (Phi) is 9.01. The molecule has 9 heteroatoms. The summed E-state index contributed by atoms with van der Waals surface area (Å²) in [6.07, 6.45) is 1.80. The van der Waals surface area contributed by atoms with Gasteiger partial charge in [0.1, 0.15) is 5.82 Å². The number of amides is 1. The van der Waals surface area contributed by atoms with E-state index in [0.717, 1.165) is 49.3 Å². The number of carbonyl (C=O) groups excluding carboxylic acids is 1. The monoisotopic (exact) mass is 380 g/mol. The third kappa shape index (κ3) is 5.39. The largest absolute Gasteiger partial charge is 0.378 e. The fourth-order valence-corrected chi connectivity index (χ4v) is 3.44. The first-order valence-corrected chi connectivity index (χ1v) is 8.35. The number of hydrogen-bond donors (Lipinski definition) is 2. The molecule has 1 amide bonds. The first kappa shape index (κ1) is 20.3. The van der Waals surface area contributed by atoms with Crippen molar-refractivity contribution >= 4 is 48.3 Å². The second kappa shape index (κ2) is 10.2. The van der Waals surface area contributed by atoms with Gasteiger partial charge in [-0.3, -0.25) is 10.1 Å². The average Bonchev–Trinajstić information content (AvgIpc) is 3.08. The van der Waals surface area contributed by atoms with Crippen LogP contribution in [0.4, 0.5) is 5.82 Å². The lowest BCUT2D eigenvalue weighted by Crippen LogP contribution is -2.42. The zero-order chi connectivity index (χ0) is 14.5. The predicted molar refractivity (Wildman–Crippen MR) is 97.9 cm³/mol. The van der Waals surface area contributed by atoms with E-state index in [2.05, 4.69) is 20.5 Å². The van der Waals surface area contributed by atoms with E-state index in [0.29, 0.717) is 6.54 Å². The highest BCUT2D eigenvalue weighted by Crippen LogP contribution is 2.18. The third-order valence-corrected chi connectivity index (χ3v) is 4.60. The summed E-state index contributed by atoms with van der Waals surface area (Å²) in [5.41, 5.74) is 1.05. The van der Waals surface area contributed by atoms with Gasteiger partial charge in [-0.1, -0.05) is 6.07 Å². The lowest BCUT2D eigenvalue weighted by atomic mass is 10.2. The number of nitrogens with zero attached hydrogens (tertiary/aromatic N) is 2. The molecule has 1 aromatic heterocycles. The first-order chi connectivity index (χ1) is 10.3. The van der Waals surface area contributed by atoms with E-state index in [1.165, 1.54) is 0 Å². The molecule has 1 unspecified atom stereocenters. The molecule has 2 aliphatic rings. The van der Waals surface area contributed by atoms with Gasteiger partial charge < -0.3 is 15.0 Å². The summed E-state index contributed by atoms with van der Waals surface area (Å²) in [4.78, 5) is 18.8. The SMILES string of the molecule is Cl.Cl.O=C(NCc1cccnc1N1CCOCC1)C1CSCN1. The predicted octanol–water partition coefficient (Wildman–Crippen LogP) is 1.04. The number of rotatable bonds is 4. The van der Waals surface area contributed by atoms with E-state index < -0.39 is 0 Å². The Morgan fingerprint density at radius 2 is 2.22 bits per heavy atom. The van der Waals surface area contributed by atoms with Crippen LogP contribution in [0.2, 0.25) is 0 Å². The van der Waals surface area contributed by atoms with Gasteiger partial charge in [0.05, 0.1) is 19.3 Å². The molecule has 0 saturated carbocycles. The van der Waals surface area contributed by atoms with Gasteiger partial charge in [-0.15, -0.1) is 36.6 Å². The Bertz CT molecular complexity index is 497. The normalized spacial score (nSPS) is 20.3. The molecule has 6 nitrogen and oxygen atoms in total. The highest BCUT2D eigenvalue weighted by Gasteiger charge is 2.23. The summed E-state index contributed by atoms with van der Waals surface area (Å²) in [5.74, 6) is 2.71. The number of halogens is 2. The van der Waals surface area contributed by atoms with Gasteiger partial charge in [-0.2, -0.15) is 0 Å².